The second-order valence-electron chi connectivity index (χ2n) is 5.11. The van der Waals surface area contributed by atoms with E-state index in [0.717, 1.165) is 29.2 Å². The Bertz CT molecular complexity index is 785. The zero-order chi connectivity index (χ0) is 16.1. The Balaban J connectivity index is 1.81. The topological polar surface area (TPSA) is 58.4 Å². The fourth-order valence-corrected chi connectivity index (χ4v) is 2.34. The molecule has 4 nitrogen and oxygen atoms in total. The van der Waals surface area contributed by atoms with Crippen molar-refractivity contribution in [1.29, 1.82) is 0 Å². The second-order valence-corrected chi connectivity index (χ2v) is 5.11. The van der Waals surface area contributed by atoms with Gasteiger partial charge in [-0.3, -0.25) is 9.69 Å². The highest BCUT2D eigenvalue weighted by molar-refractivity contribution is 5.87. The van der Waals surface area contributed by atoms with Gasteiger partial charge in [-0.1, -0.05) is 24.3 Å². The summed E-state index contributed by atoms with van der Waals surface area (Å²) in [5.74, 6) is 0. The molecule has 23 heavy (non-hydrogen) atoms. The van der Waals surface area contributed by atoms with Crippen LogP contribution in [0.5, 0.6) is 0 Å². The number of anilines is 5. The Morgan fingerprint density at radius 1 is 0.783 bits per heavy atom. The zero-order valence-electron chi connectivity index (χ0n) is 12.5. The Labute approximate surface area is 135 Å². The van der Waals surface area contributed by atoms with Gasteiger partial charge in [0.2, 0.25) is 6.41 Å². The molecule has 0 aliphatic carbocycles. The molecule has 0 bridgehead atoms. The fraction of sp³-hybridized carbons (Fsp3) is 0. The van der Waals surface area contributed by atoms with E-state index in [2.05, 4.69) is 5.32 Å². The quantitative estimate of drug-likeness (QED) is 0.545. The Hall–Kier alpha value is -3.27. The van der Waals surface area contributed by atoms with Crippen LogP contribution in [0.4, 0.5) is 28.4 Å². The average Bonchev–Trinajstić information content (AvgIpc) is 2.58. The van der Waals surface area contributed by atoms with Crippen LogP contribution in [0.2, 0.25) is 0 Å². The van der Waals surface area contributed by atoms with Gasteiger partial charge in [-0.2, -0.15) is 0 Å². The van der Waals surface area contributed by atoms with Crippen molar-refractivity contribution < 1.29 is 4.79 Å². The van der Waals surface area contributed by atoms with Crippen LogP contribution in [0.1, 0.15) is 0 Å². The predicted molar refractivity (Wildman–Crippen MR) is 95.2 cm³/mol. The van der Waals surface area contributed by atoms with Crippen molar-refractivity contribution in [2.24, 2.45) is 0 Å². The molecule has 0 atom stereocenters. The van der Waals surface area contributed by atoms with Gasteiger partial charge in [-0.25, -0.2) is 0 Å². The molecule has 4 heteroatoms. The maximum atomic E-state index is 11.5. The number of carbonyl (C=O) groups is 1. The zero-order valence-corrected chi connectivity index (χ0v) is 12.5. The molecule has 3 aromatic carbocycles. The van der Waals surface area contributed by atoms with Crippen LogP contribution in [-0.4, -0.2) is 6.41 Å². The minimum atomic E-state index is 0.622. The van der Waals surface area contributed by atoms with Crippen LogP contribution >= 0.6 is 0 Å². The molecule has 0 saturated carbocycles. The van der Waals surface area contributed by atoms with E-state index in [4.69, 9.17) is 5.73 Å². The molecule has 0 aliphatic rings. The molecule has 1 amide bonds. The van der Waals surface area contributed by atoms with E-state index in [1.807, 2.05) is 66.7 Å². The summed E-state index contributed by atoms with van der Waals surface area (Å²) in [7, 11) is 0. The first-order valence-corrected chi connectivity index (χ1v) is 7.28. The molecular formula is C19H17N3O. The molecule has 0 spiro atoms. The normalized spacial score (nSPS) is 10.1. The summed E-state index contributed by atoms with van der Waals surface area (Å²) in [6.45, 7) is 0. The first-order chi connectivity index (χ1) is 11.3. The number of carbonyl (C=O) groups excluding carboxylic acids is 1. The van der Waals surface area contributed by atoms with E-state index in [1.54, 1.807) is 17.0 Å². The Morgan fingerprint density at radius 3 is 2.13 bits per heavy atom. The van der Waals surface area contributed by atoms with E-state index in [1.165, 1.54) is 0 Å². The molecule has 3 N–H and O–H groups in total. The minimum absolute atomic E-state index is 0.622. The first-order valence-electron chi connectivity index (χ1n) is 7.28. The van der Waals surface area contributed by atoms with Gasteiger partial charge in [0, 0.05) is 22.7 Å². The largest absolute Gasteiger partial charge is 0.399 e. The lowest BCUT2D eigenvalue weighted by molar-refractivity contribution is -0.106. The molecule has 0 aromatic heterocycles. The van der Waals surface area contributed by atoms with Crippen LogP contribution < -0.4 is 16.0 Å². The molecule has 0 saturated heterocycles. The third kappa shape index (κ3) is 3.49. The van der Waals surface area contributed by atoms with Crippen LogP contribution in [0, 0.1) is 0 Å². The highest BCUT2D eigenvalue weighted by Crippen LogP contribution is 2.27. The molecule has 0 radical (unpaired) electrons. The molecule has 0 aliphatic heterocycles. The summed E-state index contributed by atoms with van der Waals surface area (Å²) in [6, 6.07) is 24.8. The van der Waals surface area contributed by atoms with Gasteiger partial charge in [0.1, 0.15) is 0 Å². The molecule has 0 unspecified atom stereocenters. The van der Waals surface area contributed by atoms with Crippen LogP contribution in [0.25, 0.3) is 0 Å². The van der Waals surface area contributed by atoms with Gasteiger partial charge in [-0.05, 0) is 54.6 Å². The van der Waals surface area contributed by atoms with E-state index in [-0.39, 0.29) is 0 Å². The fourth-order valence-electron chi connectivity index (χ4n) is 2.34. The summed E-state index contributed by atoms with van der Waals surface area (Å²) in [4.78, 5) is 13.0. The minimum Gasteiger partial charge on any atom is -0.399 e. The summed E-state index contributed by atoms with van der Waals surface area (Å²) in [5, 5.41) is 3.31. The van der Waals surface area contributed by atoms with Gasteiger partial charge in [0.25, 0.3) is 0 Å². The van der Waals surface area contributed by atoms with Gasteiger partial charge in [0.15, 0.2) is 0 Å². The van der Waals surface area contributed by atoms with Crippen LogP contribution in [0.15, 0.2) is 78.9 Å². The number of nitrogens with one attached hydrogen (secondary N) is 1. The van der Waals surface area contributed by atoms with E-state index in [9.17, 15) is 4.79 Å². The number of nitrogens with zero attached hydrogens (tertiary/aromatic N) is 1. The standard InChI is InChI=1S/C19H17N3O/c20-15-5-4-8-19(13-15)22(14-23)18-11-9-17(10-12-18)21-16-6-2-1-3-7-16/h1-14,21H,20H2. The summed E-state index contributed by atoms with van der Waals surface area (Å²) >= 11 is 0. The number of hydrogen-bond acceptors (Lipinski definition) is 3. The lowest BCUT2D eigenvalue weighted by Crippen LogP contribution is -2.14. The number of benzene rings is 3. The third-order valence-electron chi connectivity index (χ3n) is 3.46. The van der Waals surface area contributed by atoms with Crippen molar-refractivity contribution in [3.05, 3.63) is 78.9 Å². The Morgan fingerprint density at radius 2 is 1.48 bits per heavy atom. The van der Waals surface area contributed by atoms with Crippen molar-refractivity contribution >= 4 is 34.8 Å². The maximum Gasteiger partial charge on any atom is 0.218 e. The van der Waals surface area contributed by atoms with Crippen molar-refractivity contribution in [3.63, 3.8) is 0 Å². The molecule has 3 aromatic rings. The lowest BCUT2D eigenvalue weighted by atomic mass is 10.2. The average molecular weight is 303 g/mol. The highest BCUT2D eigenvalue weighted by atomic mass is 16.1. The lowest BCUT2D eigenvalue weighted by Gasteiger charge is -2.18. The highest BCUT2D eigenvalue weighted by Gasteiger charge is 2.08. The van der Waals surface area contributed by atoms with Gasteiger partial charge >= 0.3 is 0 Å². The predicted octanol–water partition coefficient (Wildman–Crippen LogP) is 4.31. The summed E-state index contributed by atoms with van der Waals surface area (Å²) < 4.78 is 0. The molecule has 3 rings (SSSR count). The van der Waals surface area contributed by atoms with E-state index >= 15 is 0 Å². The maximum absolute atomic E-state index is 11.5. The number of amides is 1. The number of rotatable bonds is 5. The second kappa shape index (κ2) is 6.66. The molecule has 114 valence electrons. The van der Waals surface area contributed by atoms with Gasteiger partial charge in [0.05, 0.1) is 5.69 Å². The van der Waals surface area contributed by atoms with Crippen molar-refractivity contribution in [2.75, 3.05) is 16.0 Å². The molecular weight excluding hydrogens is 286 g/mol. The molecule has 0 heterocycles. The number of para-hydroxylation sites is 1. The van der Waals surface area contributed by atoms with Gasteiger partial charge in [-0.15, -0.1) is 0 Å². The number of nitrogens with two attached hydrogens (primary N) is 1. The monoisotopic (exact) mass is 303 g/mol. The van der Waals surface area contributed by atoms with Crippen LogP contribution in [0.3, 0.4) is 0 Å². The summed E-state index contributed by atoms with van der Waals surface area (Å²) in [6.07, 6.45) is 0.786. The van der Waals surface area contributed by atoms with E-state index in [0.29, 0.717) is 5.69 Å². The van der Waals surface area contributed by atoms with Crippen LogP contribution in [-0.2, 0) is 4.79 Å². The smallest absolute Gasteiger partial charge is 0.218 e. The molecule has 0 fully saturated rings. The Kier molecular flexibility index (Phi) is 4.25. The van der Waals surface area contributed by atoms with Gasteiger partial charge < -0.3 is 11.1 Å². The third-order valence-corrected chi connectivity index (χ3v) is 3.46. The number of hydrogen-bond donors (Lipinski definition) is 2. The van der Waals surface area contributed by atoms with Crippen molar-refractivity contribution in [3.8, 4) is 0 Å². The SMILES string of the molecule is Nc1cccc(N(C=O)c2ccc(Nc3ccccc3)cc2)c1. The van der Waals surface area contributed by atoms with E-state index < -0.39 is 0 Å². The summed E-state index contributed by atoms with van der Waals surface area (Å²) in [5.41, 5.74) is 9.90. The van der Waals surface area contributed by atoms with Crippen molar-refractivity contribution in [2.45, 2.75) is 0 Å². The van der Waals surface area contributed by atoms with Crippen molar-refractivity contribution in [1.82, 2.24) is 0 Å². The number of nitrogen functional groups attached to an aromatic ring is 1. The first kappa shape index (κ1) is 14.7.